The average Bonchev–Trinajstić information content (AvgIpc) is 3.46. The molecule has 2 atom stereocenters. The van der Waals surface area contributed by atoms with E-state index in [9.17, 15) is 19.5 Å². The second kappa shape index (κ2) is 70.8. The van der Waals surface area contributed by atoms with Crippen LogP contribution in [0.25, 0.3) is 0 Å². The van der Waals surface area contributed by atoms with Crippen LogP contribution in [0.4, 0.5) is 0 Å². The monoisotopic (exact) mass is 1260 g/mol. The van der Waals surface area contributed by atoms with Crippen LogP contribution >= 0.6 is 0 Å². The van der Waals surface area contributed by atoms with Crippen LogP contribution in [0.5, 0.6) is 0 Å². The van der Waals surface area contributed by atoms with E-state index in [0.717, 1.165) is 116 Å². The standard InChI is InChI=1S/C82H135NO8/c1-6-8-10-12-14-16-18-20-22-24-26-28-30-32-34-35-36-37-38-39-40-41-42-43-44-45-47-48-50-52-54-56-58-60-62-64-66-68-70-72-79(84)89-76-78(77-90-82(81(86)87)88-75-74-83(3,4)5)91-80(85)73-71-69-67-65-63-61-59-57-55-53-51-49-46-33-31-29-27-25-23-21-19-17-15-13-11-9-7-2/h8-11,14-17,20-23,26-29,32-34,46,51,53,57,59,63,65,78,82H,6-7,12-13,18-19,24-25,30-31,35-45,47-50,52,54-56,58,60-62,64,66-77H2,1-5H3/p+1/b10-8-,11-9-,16-14-,17-15-,22-20-,23-21-,28-26-,29-27-,34-32-,46-33-,53-51-,59-57-,65-63-. The van der Waals surface area contributed by atoms with Crippen molar-refractivity contribution in [2.75, 3.05) is 47.5 Å². The Balaban J connectivity index is 4.11. The number of carbonyl (C=O) groups is 3. The number of aliphatic carboxylic acids is 1. The second-order valence-corrected chi connectivity index (χ2v) is 25.1. The fraction of sp³-hybridized carbons (Fsp3) is 0.646. The molecule has 0 saturated heterocycles. The van der Waals surface area contributed by atoms with Gasteiger partial charge < -0.3 is 28.5 Å². The summed E-state index contributed by atoms with van der Waals surface area (Å²) in [6.07, 6.45) is 102. The first kappa shape index (κ1) is 85.9. The summed E-state index contributed by atoms with van der Waals surface area (Å²) in [4.78, 5) is 37.6. The molecule has 516 valence electrons. The maximum atomic E-state index is 12.9. The summed E-state index contributed by atoms with van der Waals surface area (Å²) in [5.41, 5.74) is 0. The SMILES string of the molecule is CC/C=C\C/C=C\C/C=C\C/C=C\C/C=C\C/C=C\C/C=C\C/C=C\CCCCC(=O)OC(COC(=O)CCCCCCCCCCCCCCCCCCCCCCCCC/C=C\C/C=C\C/C=C\C/C=C\C/C=C\CC)COC(OCC[N+](C)(C)C)C(=O)O. The van der Waals surface area contributed by atoms with Crippen molar-refractivity contribution >= 4 is 17.9 Å². The van der Waals surface area contributed by atoms with Gasteiger partial charge in [-0.3, -0.25) is 9.59 Å². The molecule has 0 aromatic carbocycles. The Bertz CT molecular complexity index is 2060. The van der Waals surface area contributed by atoms with Gasteiger partial charge in [0, 0.05) is 12.8 Å². The van der Waals surface area contributed by atoms with Gasteiger partial charge in [0.2, 0.25) is 0 Å². The van der Waals surface area contributed by atoms with Crippen LogP contribution in [0.1, 0.15) is 284 Å². The van der Waals surface area contributed by atoms with E-state index < -0.39 is 24.3 Å². The highest BCUT2D eigenvalue weighted by Crippen LogP contribution is 2.17. The Morgan fingerprint density at radius 3 is 0.901 bits per heavy atom. The maximum absolute atomic E-state index is 12.9. The third kappa shape index (κ3) is 72.2. The van der Waals surface area contributed by atoms with E-state index in [1.54, 1.807) is 0 Å². The van der Waals surface area contributed by atoms with E-state index in [1.807, 2.05) is 21.1 Å². The molecule has 0 spiro atoms. The number of quaternary nitrogens is 1. The molecule has 0 rings (SSSR count). The van der Waals surface area contributed by atoms with Gasteiger partial charge in [0.15, 0.2) is 6.10 Å². The second-order valence-electron chi connectivity index (χ2n) is 25.1. The van der Waals surface area contributed by atoms with E-state index in [0.29, 0.717) is 17.4 Å². The molecule has 9 nitrogen and oxygen atoms in total. The van der Waals surface area contributed by atoms with Gasteiger partial charge in [-0.15, -0.1) is 0 Å². The summed E-state index contributed by atoms with van der Waals surface area (Å²) in [7, 11) is 5.96. The summed E-state index contributed by atoms with van der Waals surface area (Å²) in [5, 5.41) is 9.75. The molecule has 0 bridgehead atoms. The predicted octanol–water partition coefficient (Wildman–Crippen LogP) is 23.2. The minimum Gasteiger partial charge on any atom is -0.477 e. The molecule has 0 aromatic heterocycles. The van der Waals surface area contributed by atoms with E-state index >= 15 is 0 Å². The number of allylic oxidation sites excluding steroid dienone is 26. The lowest BCUT2D eigenvalue weighted by Gasteiger charge is -2.25. The molecule has 0 aliphatic heterocycles. The Morgan fingerprint density at radius 2 is 0.593 bits per heavy atom. The van der Waals surface area contributed by atoms with Crippen LogP contribution in [-0.4, -0.2) is 87.4 Å². The molecule has 91 heavy (non-hydrogen) atoms. The summed E-state index contributed by atoms with van der Waals surface area (Å²) >= 11 is 0. The Morgan fingerprint density at radius 1 is 0.330 bits per heavy atom. The van der Waals surface area contributed by atoms with Crippen molar-refractivity contribution in [2.45, 2.75) is 296 Å². The molecule has 0 amide bonds. The predicted molar refractivity (Wildman–Crippen MR) is 391 cm³/mol. The van der Waals surface area contributed by atoms with Gasteiger partial charge in [-0.25, -0.2) is 4.79 Å². The molecule has 0 radical (unpaired) electrons. The topological polar surface area (TPSA) is 108 Å². The number of hydrogen-bond acceptors (Lipinski definition) is 7. The first-order valence-corrected chi connectivity index (χ1v) is 36.6. The highest BCUT2D eigenvalue weighted by Gasteiger charge is 2.25. The normalized spacial score (nSPS) is 13.6. The van der Waals surface area contributed by atoms with E-state index in [4.69, 9.17) is 18.9 Å². The summed E-state index contributed by atoms with van der Waals surface area (Å²) < 4.78 is 22.9. The third-order valence-corrected chi connectivity index (χ3v) is 15.3. The van der Waals surface area contributed by atoms with Crippen molar-refractivity contribution in [1.82, 2.24) is 0 Å². The van der Waals surface area contributed by atoms with Crippen molar-refractivity contribution in [3.05, 3.63) is 158 Å². The molecule has 0 saturated carbocycles. The lowest BCUT2D eigenvalue weighted by molar-refractivity contribution is -0.870. The third-order valence-electron chi connectivity index (χ3n) is 15.3. The van der Waals surface area contributed by atoms with Crippen LogP contribution in [-0.2, 0) is 33.3 Å². The zero-order valence-corrected chi connectivity index (χ0v) is 58.9. The molecular weight excluding hydrogens is 1130 g/mol. The van der Waals surface area contributed by atoms with E-state index in [-0.39, 0.29) is 38.6 Å². The number of carboxylic acid groups (broad SMARTS) is 1. The van der Waals surface area contributed by atoms with Gasteiger partial charge in [-0.05, 0) is 122 Å². The van der Waals surface area contributed by atoms with E-state index in [1.165, 1.54) is 135 Å². The molecular formula is C82H136NO8+. The average molecular weight is 1260 g/mol. The van der Waals surface area contributed by atoms with Crippen LogP contribution < -0.4 is 0 Å². The van der Waals surface area contributed by atoms with Gasteiger partial charge in [0.05, 0.1) is 34.4 Å². The zero-order valence-electron chi connectivity index (χ0n) is 58.9. The first-order valence-electron chi connectivity index (χ1n) is 36.6. The summed E-state index contributed by atoms with van der Waals surface area (Å²) in [5.74, 6) is -2.07. The quantitative estimate of drug-likeness (QED) is 0.0211. The Kier molecular flexibility index (Phi) is 66.8. The highest BCUT2D eigenvalue weighted by molar-refractivity contribution is 5.71. The number of ether oxygens (including phenoxy) is 4. The van der Waals surface area contributed by atoms with Crippen LogP contribution in [0, 0.1) is 0 Å². The van der Waals surface area contributed by atoms with Crippen molar-refractivity contribution in [1.29, 1.82) is 0 Å². The minimum atomic E-state index is -1.53. The Labute approximate surface area is 559 Å². The van der Waals surface area contributed by atoms with Crippen molar-refractivity contribution < 1.29 is 42.9 Å². The lowest BCUT2D eigenvalue weighted by atomic mass is 10.0. The lowest BCUT2D eigenvalue weighted by Crippen LogP contribution is -2.40. The van der Waals surface area contributed by atoms with Crippen LogP contribution in [0.15, 0.2) is 158 Å². The molecule has 0 aromatic rings. The maximum Gasteiger partial charge on any atom is 0.361 e. The minimum absolute atomic E-state index is 0.172. The highest BCUT2D eigenvalue weighted by atomic mass is 16.7. The number of carbonyl (C=O) groups excluding carboxylic acids is 2. The first-order chi connectivity index (χ1) is 44.6. The number of nitrogens with zero attached hydrogens (tertiary/aromatic N) is 1. The fourth-order valence-corrected chi connectivity index (χ4v) is 9.76. The molecule has 2 unspecified atom stereocenters. The van der Waals surface area contributed by atoms with Crippen molar-refractivity contribution in [3.8, 4) is 0 Å². The van der Waals surface area contributed by atoms with Crippen LogP contribution in [0.3, 0.4) is 0 Å². The number of rotatable bonds is 66. The smallest absolute Gasteiger partial charge is 0.361 e. The van der Waals surface area contributed by atoms with Crippen LogP contribution in [0.2, 0.25) is 0 Å². The van der Waals surface area contributed by atoms with Gasteiger partial charge in [-0.2, -0.15) is 0 Å². The molecule has 0 aliphatic rings. The number of unbranched alkanes of at least 4 members (excludes halogenated alkanes) is 25. The Hall–Kier alpha value is -5.09. The molecule has 0 fully saturated rings. The summed E-state index contributed by atoms with van der Waals surface area (Å²) in [6.45, 7) is 4.60. The van der Waals surface area contributed by atoms with Gasteiger partial charge in [-0.1, -0.05) is 307 Å². The number of esters is 2. The molecule has 0 aliphatic carbocycles. The van der Waals surface area contributed by atoms with Gasteiger partial charge >= 0.3 is 17.9 Å². The number of likely N-dealkylation sites (N-methyl/N-ethyl adjacent to an activating group) is 1. The number of hydrogen-bond donors (Lipinski definition) is 1. The fourth-order valence-electron chi connectivity index (χ4n) is 9.76. The largest absolute Gasteiger partial charge is 0.477 e. The van der Waals surface area contributed by atoms with Crippen molar-refractivity contribution in [2.24, 2.45) is 0 Å². The van der Waals surface area contributed by atoms with Gasteiger partial charge in [0.1, 0.15) is 13.2 Å². The summed E-state index contributed by atoms with van der Waals surface area (Å²) in [6, 6.07) is 0. The molecule has 1 N–H and O–H groups in total. The zero-order chi connectivity index (χ0) is 66.1. The van der Waals surface area contributed by atoms with E-state index in [2.05, 4.69) is 172 Å². The molecule has 9 heteroatoms. The van der Waals surface area contributed by atoms with Crippen molar-refractivity contribution in [3.63, 3.8) is 0 Å². The number of carboxylic acids is 1. The molecule has 0 heterocycles. The van der Waals surface area contributed by atoms with Gasteiger partial charge in [0.25, 0.3) is 6.29 Å².